The first-order chi connectivity index (χ1) is 26.6. The summed E-state index contributed by atoms with van der Waals surface area (Å²) in [5, 5.41) is 9.83. The van der Waals surface area contributed by atoms with Crippen LogP contribution in [0.1, 0.15) is 49.7 Å². The van der Waals surface area contributed by atoms with Gasteiger partial charge < -0.3 is 0 Å². The standard InChI is InChI=1S/C50H40N4/c51-32-33-10-9-15-41(27-33)46-28-42(50-29-34-24-35(30-50)26-36(25-34)31-50)22-23-44(46)38-18-20-40(21-19-38)48-52-47(39-13-5-2-6-14-39)53-49(54-48)45-17-8-7-16-43(45)37-11-3-1-4-12-37/h1-23,27-28,34-36H,24-26,29-31H2. The van der Waals surface area contributed by atoms with E-state index in [9.17, 15) is 5.26 Å². The number of hydrogen-bond acceptors (Lipinski definition) is 4. The number of aromatic nitrogens is 3. The molecular formula is C50H40N4. The van der Waals surface area contributed by atoms with Crippen LogP contribution >= 0.6 is 0 Å². The first kappa shape index (κ1) is 32.5. The van der Waals surface area contributed by atoms with Gasteiger partial charge >= 0.3 is 0 Å². The molecule has 1 aromatic heterocycles. The Hall–Kier alpha value is -6.18. The summed E-state index contributed by atoms with van der Waals surface area (Å²) in [6.45, 7) is 0. The van der Waals surface area contributed by atoms with Gasteiger partial charge in [0.05, 0.1) is 11.6 Å². The molecule has 0 radical (unpaired) electrons. The number of benzene rings is 6. The van der Waals surface area contributed by atoms with Crippen LogP contribution in [0.4, 0.5) is 0 Å². The summed E-state index contributed by atoms with van der Waals surface area (Å²) in [5.41, 5.74) is 12.1. The summed E-state index contributed by atoms with van der Waals surface area (Å²) in [7, 11) is 0. The van der Waals surface area contributed by atoms with Crippen LogP contribution in [-0.2, 0) is 5.41 Å². The van der Waals surface area contributed by atoms with E-state index in [1.165, 1.54) is 55.2 Å². The second-order valence-electron chi connectivity index (χ2n) is 15.8. The predicted molar refractivity (Wildman–Crippen MR) is 217 cm³/mol. The number of rotatable bonds is 7. The van der Waals surface area contributed by atoms with E-state index >= 15 is 0 Å². The number of nitrogens with zero attached hydrogens (tertiary/aromatic N) is 4. The van der Waals surface area contributed by atoms with Crippen LogP contribution in [-0.4, -0.2) is 15.0 Å². The third-order valence-electron chi connectivity index (χ3n) is 12.3. The van der Waals surface area contributed by atoms with Crippen LogP contribution in [0.3, 0.4) is 0 Å². The third-order valence-corrected chi connectivity index (χ3v) is 12.3. The second-order valence-corrected chi connectivity index (χ2v) is 15.8. The molecule has 0 spiro atoms. The average Bonchev–Trinajstić information content (AvgIpc) is 3.23. The lowest BCUT2D eigenvalue weighted by Gasteiger charge is -2.57. The fraction of sp³-hybridized carbons (Fsp3) is 0.200. The van der Waals surface area contributed by atoms with Crippen molar-refractivity contribution in [2.45, 2.75) is 43.9 Å². The Morgan fingerprint density at radius 1 is 0.426 bits per heavy atom. The molecule has 0 atom stereocenters. The minimum absolute atomic E-state index is 0.282. The highest BCUT2D eigenvalue weighted by atomic mass is 15.0. The van der Waals surface area contributed by atoms with Crippen LogP contribution < -0.4 is 0 Å². The van der Waals surface area contributed by atoms with E-state index < -0.39 is 0 Å². The molecule has 4 nitrogen and oxygen atoms in total. The van der Waals surface area contributed by atoms with E-state index in [-0.39, 0.29) is 5.41 Å². The van der Waals surface area contributed by atoms with Gasteiger partial charge in [-0.2, -0.15) is 5.26 Å². The first-order valence-corrected chi connectivity index (χ1v) is 19.3. The Labute approximate surface area is 317 Å². The van der Waals surface area contributed by atoms with Gasteiger partial charge in [-0.15, -0.1) is 0 Å². The Bertz CT molecular complexity index is 2500. The van der Waals surface area contributed by atoms with Crippen LogP contribution in [0.5, 0.6) is 0 Å². The van der Waals surface area contributed by atoms with Crippen LogP contribution in [0.2, 0.25) is 0 Å². The highest BCUT2D eigenvalue weighted by Crippen LogP contribution is 2.61. The molecule has 4 saturated carbocycles. The fourth-order valence-corrected chi connectivity index (χ4v) is 10.3. The first-order valence-electron chi connectivity index (χ1n) is 19.3. The molecule has 4 fully saturated rings. The molecule has 11 rings (SSSR count). The minimum atomic E-state index is 0.282. The maximum absolute atomic E-state index is 9.83. The lowest BCUT2D eigenvalue weighted by atomic mass is 9.48. The Morgan fingerprint density at radius 3 is 1.57 bits per heavy atom. The summed E-state index contributed by atoms with van der Waals surface area (Å²) >= 11 is 0. The maximum Gasteiger partial charge on any atom is 0.164 e. The predicted octanol–water partition coefficient (Wildman–Crippen LogP) is 12.2. The average molecular weight is 697 g/mol. The summed E-state index contributed by atoms with van der Waals surface area (Å²) in [6.07, 6.45) is 8.24. The maximum atomic E-state index is 9.83. The SMILES string of the molecule is N#Cc1cccc(-c2cc(C34CC5CC(CC(C5)C3)C4)ccc2-c2ccc(-c3nc(-c4ccccc4)nc(-c4ccccc4-c4ccccc4)n3)cc2)c1. The van der Waals surface area contributed by atoms with Gasteiger partial charge in [0, 0.05) is 16.7 Å². The quantitative estimate of drug-likeness (QED) is 0.166. The molecule has 7 aromatic rings. The van der Waals surface area contributed by atoms with E-state index in [2.05, 4.69) is 97.1 Å². The Morgan fingerprint density at radius 2 is 0.926 bits per heavy atom. The number of nitriles is 1. The number of hydrogen-bond donors (Lipinski definition) is 0. The second kappa shape index (κ2) is 13.3. The van der Waals surface area contributed by atoms with Gasteiger partial charge in [-0.3, -0.25) is 0 Å². The van der Waals surface area contributed by atoms with Crippen LogP contribution in [0.15, 0.2) is 152 Å². The lowest BCUT2D eigenvalue weighted by molar-refractivity contribution is -0.00516. The molecule has 6 aromatic carbocycles. The van der Waals surface area contributed by atoms with Gasteiger partial charge in [-0.05, 0) is 119 Å². The third kappa shape index (κ3) is 5.91. The van der Waals surface area contributed by atoms with E-state index in [0.29, 0.717) is 23.0 Å². The van der Waals surface area contributed by atoms with Crippen molar-refractivity contribution in [3.63, 3.8) is 0 Å². The topological polar surface area (TPSA) is 62.5 Å². The van der Waals surface area contributed by atoms with Crippen LogP contribution in [0, 0.1) is 29.1 Å². The monoisotopic (exact) mass is 696 g/mol. The highest BCUT2D eigenvalue weighted by molar-refractivity contribution is 5.86. The van der Waals surface area contributed by atoms with Gasteiger partial charge in [0.1, 0.15) is 0 Å². The minimum Gasteiger partial charge on any atom is -0.208 e. The molecule has 4 heteroatoms. The summed E-state index contributed by atoms with van der Waals surface area (Å²) in [5.74, 6) is 4.54. The normalized spacial score (nSPS) is 21.1. The van der Waals surface area contributed by atoms with Crippen molar-refractivity contribution in [2.75, 3.05) is 0 Å². The van der Waals surface area contributed by atoms with Crippen molar-refractivity contribution in [3.05, 3.63) is 163 Å². The van der Waals surface area contributed by atoms with E-state index in [0.717, 1.165) is 56.7 Å². The molecular weight excluding hydrogens is 657 g/mol. The molecule has 4 bridgehead atoms. The molecule has 0 saturated heterocycles. The van der Waals surface area contributed by atoms with Gasteiger partial charge in [0.15, 0.2) is 17.5 Å². The van der Waals surface area contributed by atoms with Crippen molar-refractivity contribution < 1.29 is 0 Å². The van der Waals surface area contributed by atoms with Crippen molar-refractivity contribution in [1.82, 2.24) is 15.0 Å². The van der Waals surface area contributed by atoms with Crippen molar-refractivity contribution in [2.24, 2.45) is 17.8 Å². The molecule has 260 valence electrons. The van der Waals surface area contributed by atoms with Crippen LogP contribution in [0.25, 0.3) is 67.5 Å². The zero-order chi connectivity index (χ0) is 36.1. The van der Waals surface area contributed by atoms with E-state index in [1.54, 1.807) is 0 Å². The lowest BCUT2D eigenvalue weighted by Crippen LogP contribution is -2.48. The van der Waals surface area contributed by atoms with Crippen molar-refractivity contribution in [3.8, 4) is 73.6 Å². The smallest absolute Gasteiger partial charge is 0.164 e. The van der Waals surface area contributed by atoms with Gasteiger partial charge in [0.25, 0.3) is 0 Å². The van der Waals surface area contributed by atoms with Gasteiger partial charge in [0.2, 0.25) is 0 Å². The molecule has 0 amide bonds. The fourth-order valence-electron chi connectivity index (χ4n) is 10.3. The summed E-state index contributed by atoms with van der Waals surface area (Å²) < 4.78 is 0. The molecule has 0 aliphatic heterocycles. The Kier molecular flexibility index (Phi) is 8.02. The molecule has 1 heterocycles. The highest BCUT2D eigenvalue weighted by Gasteiger charge is 2.51. The molecule has 4 aliphatic carbocycles. The largest absolute Gasteiger partial charge is 0.208 e. The molecule has 0 unspecified atom stereocenters. The zero-order valence-electron chi connectivity index (χ0n) is 30.2. The summed E-state index contributed by atoms with van der Waals surface area (Å²) in [6, 6.07) is 55.2. The molecule has 0 N–H and O–H groups in total. The zero-order valence-corrected chi connectivity index (χ0v) is 30.2. The molecule has 54 heavy (non-hydrogen) atoms. The van der Waals surface area contributed by atoms with Gasteiger partial charge in [-0.1, -0.05) is 133 Å². The molecule has 4 aliphatic rings. The summed E-state index contributed by atoms with van der Waals surface area (Å²) in [4.78, 5) is 15.2. The Balaban J connectivity index is 1.07. The van der Waals surface area contributed by atoms with E-state index in [1.807, 2.05) is 60.7 Å². The van der Waals surface area contributed by atoms with E-state index in [4.69, 9.17) is 15.0 Å². The van der Waals surface area contributed by atoms with Crippen molar-refractivity contribution in [1.29, 1.82) is 5.26 Å². The van der Waals surface area contributed by atoms with Crippen molar-refractivity contribution >= 4 is 0 Å². The van der Waals surface area contributed by atoms with Gasteiger partial charge in [-0.25, -0.2) is 15.0 Å².